The summed E-state index contributed by atoms with van der Waals surface area (Å²) in [5.74, 6) is 1.05. The predicted octanol–water partition coefficient (Wildman–Crippen LogP) is 0.721. The minimum atomic E-state index is -0.0767. The number of aliphatic imine (C=N–C) groups is 1. The summed E-state index contributed by atoms with van der Waals surface area (Å²) in [6, 6.07) is 0. The zero-order chi connectivity index (χ0) is 11.8. The van der Waals surface area contributed by atoms with Gasteiger partial charge in [-0.3, -0.25) is 9.79 Å². The van der Waals surface area contributed by atoms with Crippen molar-refractivity contribution in [3.8, 4) is 0 Å². The van der Waals surface area contributed by atoms with Gasteiger partial charge in [0.2, 0.25) is 0 Å². The molecule has 1 saturated carbocycles. The number of nitrogens with one attached hydrogen (secondary N) is 1. The van der Waals surface area contributed by atoms with Crippen LogP contribution in [0.5, 0.6) is 0 Å². The van der Waals surface area contributed by atoms with Crippen molar-refractivity contribution in [3.05, 3.63) is 27.4 Å². The van der Waals surface area contributed by atoms with Crippen LogP contribution in [0.2, 0.25) is 0 Å². The first-order valence-corrected chi connectivity index (χ1v) is 6.16. The van der Waals surface area contributed by atoms with E-state index in [1.807, 2.05) is 0 Å². The van der Waals surface area contributed by atoms with E-state index in [1.165, 1.54) is 25.7 Å². The number of fused-ring (bicyclic) bond motifs is 1. The number of rotatable bonds is 2. The molecule has 3 rings (SSSR count). The third-order valence-corrected chi connectivity index (χ3v) is 3.65. The average molecular weight is 232 g/mol. The van der Waals surface area contributed by atoms with Crippen molar-refractivity contribution in [2.45, 2.75) is 38.8 Å². The predicted molar refractivity (Wildman–Crippen MR) is 64.9 cm³/mol. The normalized spacial score (nSPS) is 19.5. The van der Waals surface area contributed by atoms with Crippen LogP contribution >= 0.6 is 0 Å². The quantitative estimate of drug-likeness (QED) is 0.788. The summed E-state index contributed by atoms with van der Waals surface area (Å²) in [5.41, 5.74) is 8.02. The lowest BCUT2D eigenvalue weighted by molar-refractivity contribution is 0.726. The van der Waals surface area contributed by atoms with E-state index >= 15 is 0 Å². The van der Waals surface area contributed by atoms with Gasteiger partial charge in [-0.05, 0) is 12.8 Å². The minimum absolute atomic E-state index is 0.0767. The van der Waals surface area contributed by atoms with Crippen LogP contribution in [0.1, 0.15) is 42.8 Å². The van der Waals surface area contributed by atoms with Gasteiger partial charge in [0.1, 0.15) is 5.82 Å². The lowest BCUT2D eigenvalue weighted by atomic mass is 9.98. The van der Waals surface area contributed by atoms with E-state index in [0.717, 1.165) is 11.4 Å². The van der Waals surface area contributed by atoms with Crippen molar-refractivity contribution in [2.75, 3.05) is 0 Å². The summed E-state index contributed by atoms with van der Waals surface area (Å²) < 4.78 is 0. The first-order valence-electron chi connectivity index (χ1n) is 6.16. The molecule has 0 unspecified atom stereocenters. The van der Waals surface area contributed by atoms with E-state index in [4.69, 9.17) is 5.73 Å². The van der Waals surface area contributed by atoms with Gasteiger partial charge in [-0.25, -0.2) is 4.98 Å². The highest BCUT2D eigenvalue weighted by Gasteiger charge is 2.29. The second-order valence-corrected chi connectivity index (χ2v) is 4.73. The van der Waals surface area contributed by atoms with Crippen molar-refractivity contribution in [3.63, 3.8) is 0 Å². The number of nitrogens with zero attached hydrogens (tertiary/aromatic N) is 2. The molecule has 2 heterocycles. The molecule has 5 heteroatoms. The van der Waals surface area contributed by atoms with Crippen LogP contribution in [-0.2, 0) is 13.1 Å². The van der Waals surface area contributed by atoms with E-state index in [2.05, 4.69) is 15.0 Å². The van der Waals surface area contributed by atoms with Gasteiger partial charge in [0, 0.05) is 5.92 Å². The molecule has 1 aromatic heterocycles. The van der Waals surface area contributed by atoms with Crippen LogP contribution in [0.25, 0.3) is 0 Å². The molecule has 3 N–H and O–H groups in total. The summed E-state index contributed by atoms with van der Waals surface area (Å²) in [6.07, 6.45) is 4.85. The van der Waals surface area contributed by atoms with E-state index < -0.39 is 0 Å². The highest BCUT2D eigenvalue weighted by Crippen LogP contribution is 2.31. The summed E-state index contributed by atoms with van der Waals surface area (Å²) >= 11 is 0. The lowest BCUT2D eigenvalue weighted by Gasteiger charge is -2.10. The van der Waals surface area contributed by atoms with Crippen molar-refractivity contribution >= 4 is 5.71 Å². The van der Waals surface area contributed by atoms with E-state index in [9.17, 15) is 4.79 Å². The minimum Gasteiger partial charge on any atom is -0.324 e. The zero-order valence-corrected chi connectivity index (χ0v) is 9.70. The summed E-state index contributed by atoms with van der Waals surface area (Å²) in [5, 5.41) is 0. The van der Waals surface area contributed by atoms with Crippen LogP contribution in [0.15, 0.2) is 9.79 Å². The van der Waals surface area contributed by atoms with Gasteiger partial charge in [-0.2, -0.15) is 0 Å². The van der Waals surface area contributed by atoms with Gasteiger partial charge >= 0.3 is 0 Å². The second kappa shape index (κ2) is 4.07. The molecule has 0 aromatic carbocycles. The molecule has 1 fully saturated rings. The zero-order valence-electron chi connectivity index (χ0n) is 9.70. The molecule has 2 aliphatic rings. The molecule has 0 spiro atoms. The Balaban J connectivity index is 2.04. The third-order valence-electron chi connectivity index (χ3n) is 3.65. The molecular weight excluding hydrogens is 216 g/mol. The molecule has 90 valence electrons. The fraction of sp³-hybridized carbons (Fsp3) is 0.583. The van der Waals surface area contributed by atoms with Gasteiger partial charge in [0.05, 0.1) is 30.1 Å². The van der Waals surface area contributed by atoms with Crippen LogP contribution in [0, 0.1) is 5.92 Å². The molecule has 0 bridgehead atoms. The van der Waals surface area contributed by atoms with Crippen molar-refractivity contribution in [1.29, 1.82) is 0 Å². The Labute approximate surface area is 99.2 Å². The van der Waals surface area contributed by atoms with Crippen molar-refractivity contribution in [2.24, 2.45) is 16.6 Å². The number of hydrogen-bond donors (Lipinski definition) is 2. The topological polar surface area (TPSA) is 84.1 Å². The van der Waals surface area contributed by atoms with Crippen molar-refractivity contribution < 1.29 is 0 Å². The molecular formula is C12H16N4O. The van der Waals surface area contributed by atoms with Gasteiger partial charge < -0.3 is 10.7 Å². The largest absolute Gasteiger partial charge is 0.324 e. The Morgan fingerprint density at radius 1 is 1.35 bits per heavy atom. The first kappa shape index (κ1) is 10.7. The average Bonchev–Trinajstić information content (AvgIpc) is 2.96. The van der Waals surface area contributed by atoms with Crippen LogP contribution in [0.3, 0.4) is 0 Å². The fourth-order valence-corrected chi connectivity index (χ4v) is 2.76. The standard InChI is InChI=1S/C12H16N4O/c13-5-9-15-11-8(12(17)16-9)6-14-10(11)7-3-1-2-4-7/h7H,1-6,13H2,(H,15,16,17). The molecule has 5 nitrogen and oxygen atoms in total. The number of aromatic amines is 1. The maximum absolute atomic E-state index is 11.8. The van der Waals surface area contributed by atoms with Crippen LogP contribution in [0.4, 0.5) is 0 Å². The van der Waals surface area contributed by atoms with Gasteiger partial charge in [-0.15, -0.1) is 0 Å². The summed E-state index contributed by atoms with van der Waals surface area (Å²) in [7, 11) is 0. The Morgan fingerprint density at radius 2 is 2.12 bits per heavy atom. The smallest absolute Gasteiger partial charge is 0.256 e. The Morgan fingerprint density at radius 3 is 2.82 bits per heavy atom. The number of nitrogens with two attached hydrogens (primary N) is 1. The summed E-state index contributed by atoms with van der Waals surface area (Å²) in [6.45, 7) is 0.745. The van der Waals surface area contributed by atoms with E-state index in [-0.39, 0.29) is 12.1 Å². The lowest BCUT2D eigenvalue weighted by Crippen LogP contribution is -2.22. The monoisotopic (exact) mass is 232 g/mol. The molecule has 1 aliphatic heterocycles. The molecule has 1 aromatic rings. The molecule has 0 radical (unpaired) electrons. The number of aromatic nitrogens is 2. The Bertz CT molecular complexity index is 526. The van der Waals surface area contributed by atoms with E-state index in [0.29, 0.717) is 23.9 Å². The molecule has 17 heavy (non-hydrogen) atoms. The second-order valence-electron chi connectivity index (χ2n) is 4.73. The first-order chi connectivity index (χ1) is 8.29. The maximum Gasteiger partial charge on any atom is 0.256 e. The van der Waals surface area contributed by atoms with Gasteiger partial charge in [0.15, 0.2) is 0 Å². The Hall–Kier alpha value is -1.49. The number of H-pyrrole nitrogens is 1. The van der Waals surface area contributed by atoms with Gasteiger partial charge in [0.25, 0.3) is 5.56 Å². The molecule has 0 saturated heterocycles. The van der Waals surface area contributed by atoms with Crippen LogP contribution in [-0.4, -0.2) is 15.7 Å². The highest BCUT2D eigenvalue weighted by molar-refractivity contribution is 6.03. The maximum atomic E-state index is 11.8. The third kappa shape index (κ3) is 1.70. The van der Waals surface area contributed by atoms with Crippen molar-refractivity contribution in [1.82, 2.24) is 9.97 Å². The van der Waals surface area contributed by atoms with Crippen LogP contribution < -0.4 is 11.3 Å². The summed E-state index contributed by atoms with van der Waals surface area (Å²) in [4.78, 5) is 23.5. The SMILES string of the molecule is NCc1nc2c(c(=O)[nH]1)CN=C2C1CCCC1. The van der Waals surface area contributed by atoms with E-state index in [1.54, 1.807) is 0 Å². The fourth-order valence-electron chi connectivity index (χ4n) is 2.76. The van der Waals surface area contributed by atoms with Gasteiger partial charge in [-0.1, -0.05) is 12.8 Å². The Kier molecular flexibility index (Phi) is 2.55. The molecule has 1 aliphatic carbocycles. The molecule has 0 atom stereocenters. The number of hydrogen-bond acceptors (Lipinski definition) is 4. The highest BCUT2D eigenvalue weighted by atomic mass is 16.1. The molecule has 0 amide bonds.